The predicted octanol–water partition coefficient (Wildman–Crippen LogP) is 3.20. The van der Waals surface area contributed by atoms with Crippen LogP contribution in [0.3, 0.4) is 0 Å². The Morgan fingerprint density at radius 2 is 2.14 bits per heavy atom. The number of benzene rings is 1. The van der Waals surface area contributed by atoms with Crippen molar-refractivity contribution in [2.45, 2.75) is 0 Å². The Morgan fingerprint density at radius 1 is 1.21 bits per heavy atom. The first-order valence-electron chi connectivity index (χ1n) is 8.80. The van der Waals surface area contributed by atoms with Gasteiger partial charge < -0.3 is 10.1 Å². The Labute approximate surface area is 169 Å². The summed E-state index contributed by atoms with van der Waals surface area (Å²) < 4.78 is 20.6. The van der Waals surface area contributed by atoms with Crippen molar-refractivity contribution in [2.75, 3.05) is 13.2 Å². The highest BCUT2D eigenvalue weighted by molar-refractivity contribution is 7.10. The van der Waals surface area contributed by atoms with E-state index in [0.29, 0.717) is 29.5 Å². The maximum atomic E-state index is 13.5. The molecule has 0 aliphatic rings. The van der Waals surface area contributed by atoms with Crippen LogP contribution in [0.15, 0.2) is 60.0 Å². The van der Waals surface area contributed by atoms with Crippen molar-refractivity contribution in [1.29, 1.82) is 0 Å². The molecule has 7 nitrogen and oxygen atoms in total. The SMILES string of the molecule is O=C(/C=C/c1cccs1)NCCOc1ccc2nnc(-c3cccc(F)c3)n2n1. The lowest BCUT2D eigenvalue weighted by Crippen LogP contribution is -2.26. The molecule has 0 aliphatic heterocycles. The molecule has 29 heavy (non-hydrogen) atoms. The monoisotopic (exact) mass is 409 g/mol. The summed E-state index contributed by atoms with van der Waals surface area (Å²) in [5.41, 5.74) is 1.08. The average Bonchev–Trinajstić information content (AvgIpc) is 3.39. The average molecular weight is 409 g/mol. The van der Waals surface area contributed by atoms with Gasteiger partial charge in [0.05, 0.1) is 6.54 Å². The van der Waals surface area contributed by atoms with Crippen molar-refractivity contribution < 1.29 is 13.9 Å². The van der Waals surface area contributed by atoms with Crippen molar-refractivity contribution in [2.24, 2.45) is 0 Å². The first-order chi connectivity index (χ1) is 14.2. The molecule has 146 valence electrons. The molecule has 0 spiro atoms. The zero-order chi connectivity index (χ0) is 20.1. The van der Waals surface area contributed by atoms with Gasteiger partial charge in [-0.15, -0.1) is 26.6 Å². The Kier molecular flexibility index (Phi) is 5.57. The zero-order valence-corrected chi connectivity index (χ0v) is 16.0. The normalized spacial score (nSPS) is 11.2. The molecule has 1 aromatic carbocycles. The molecule has 0 saturated carbocycles. The molecule has 0 saturated heterocycles. The van der Waals surface area contributed by atoms with Gasteiger partial charge >= 0.3 is 0 Å². The fourth-order valence-corrected chi connectivity index (χ4v) is 3.21. The predicted molar refractivity (Wildman–Crippen MR) is 108 cm³/mol. The first kappa shape index (κ1) is 18.8. The Balaban J connectivity index is 1.36. The van der Waals surface area contributed by atoms with Crippen molar-refractivity contribution >= 4 is 29.0 Å². The summed E-state index contributed by atoms with van der Waals surface area (Å²) in [5, 5.41) is 17.2. The smallest absolute Gasteiger partial charge is 0.244 e. The van der Waals surface area contributed by atoms with Crippen LogP contribution in [0.1, 0.15) is 4.88 Å². The van der Waals surface area contributed by atoms with Crippen LogP contribution in [0.5, 0.6) is 5.88 Å². The molecule has 0 atom stereocenters. The van der Waals surface area contributed by atoms with Crippen LogP contribution in [0.2, 0.25) is 0 Å². The number of aromatic nitrogens is 4. The number of carbonyl (C=O) groups excluding carboxylic acids is 1. The van der Waals surface area contributed by atoms with Crippen LogP contribution in [-0.2, 0) is 4.79 Å². The van der Waals surface area contributed by atoms with E-state index in [4.69, 9.17) is 4.74 Å². The molecule has 0 radical (unpaired) electrons. The lowest BCUT2D eigenvalue weighted by molar-refractivity contribution is -0.116. The molecule has 0 unspecified atom stereocenters. The topological polar surface area (TPSA) is 81.4 Å². The van der Waals surface area contributed by atoms with Crippen molar-refractivity contribution in [1.82, 2.24) is 25.1 Å². The summed E-state index contributed by atoms with van der Waals surface area (Å²) in [7, 11) is 0. The quantitative estimate of drug-likeness (QED) is 0.374. The van der Waals surface area contributed by atoms with Crippen LogP contribution in [0.25, 0.3) is 23.1 Å². The number of rotatable bonds is 7. The molecule has 0 aliphatic carbocycles. The van der Waals surface area contributed by atoms with E-state index in [9.17, 15) is 9.18 Å². The second kappa shape index (κ2) is 8.61. The standard InChI is InChI=1S/C20H16FN5O2S/c21-15-4-1-3-14(13-15)20-24-23-17-7-9-19(25-26(17)20)28-11-10-22-18(27)8-6-16-5-2-12-29-16/h1-9,12-13H,10-11H2,(H,22,27)/b8-6+. The highest BCUT2D eigenvalue weighted by Crippen LogP contribution is 2.19. The zero-order valence-electron chi connectivity index (χ0n) is 15.2. The lowest BCUT2D eigenvalue weighted by atomic mass is 10.2. The molecule has 0 fully saturated rings. The van der Waals surface area contributed by atoms with Crippen LogP contribution in [0.4, 0.5) is 4.39 Å². The number of hydrogen-bond donors (Lipinski definition) is 1. The van der Waals surface area contributed by atoms with Crippen LogP contribution < -0.4 is 10.1 Å². The maximum Gasteiger partial charge on any atom is 0.244 e. The number of carbonyl (C=O) groups is 1. The number of hydrogen-bond acceptors (Lipinski definition) is 6. The van der Waals surface area contributed by atoms with Gasteiger partial charge in [-0.25, -0.2) is 4.39 Å². The van der Waals surface area contributed by atoms with Crippen molar-refractivity contribution in [3.05, 3.63) is 70.7 Å². The van der Waals surface area contributed by atoms with Crippen LogP contribution in [-0.4, -0.2) is 38.9 Å². The van der Waals surface area contributed by atoms with Gasteiger partial charge in [0.25, 0.3) is 0 Å². The summed E-state index contributed by atoms with van der Waals surface area (Å²) in [6.45, 7) is 0.570. The molecule has 9 heteroatoms. The molecule has 3 heterocycles. The number of nitrogens with one attached hydrogen (secondary N) is 1. The van der Waals surface area contributed by atoms with Gasteiger partial charge in [0.15, 0.2) is 11.5 Å². The van der Waals surface area contributed by atoms with E-state index in [-0.39, 0.29) is 18.3 Å². The molecule has 1 amide bonds. The number of halogens is 1. The van der Waals surface area contributed by atoms with E-state index in [0.717, 1.165) is 4.88 Å². The van der Waals surface area contributed by atoms with Gasteiger partial charge in [-0.1, -0.05) is 18.2 Å². The molecule has 4 aromatic rings. The molecule has 0 bridgehead atoms. The minimum atomic E-state index is -0.365. The largest absolute Gasteiger partial charge is 0.475 e. The fourth-order valence-electron chi connectivity index (χ4n) is 2.59. The molecule has 3 aromatic heterocycles. The molecule has 1 N–H and O–H groups in total. The Bertz CT molecular complexity index is 1160. The van der Waals surface area contributed by atoms with E-state index in [1.165, 1.54) is 22.7 Å². The Hall–Kier alpha value is -3.59. The minimum Gasteiger partial charge on any atom is -0.475 e. The maximum absolute atomic E-state index is 13.5. The number of fused-ring (bicyclic) bond motifs is 1. The number of ether oxygens (including phenoxy) is 1. The van der Waals surface area contributed by atoms with E-state index in [2.05, 4.69) is 20.6 Å². The van der Waals surface area contributed by atoms with Gasteiger partial charge in [-0.3, -0.25) is 4.79 Å². The highest BCUT2D eigenvalue weighted by atomic mass is 32.1. The summed E-state index contributed by atoms with van der Waals surface area (Å²) >= 11 is 1.56. The lowest BCUT2D eigenvalue weighted by Gasteiger charge is -2.06. The van der Waals surface area contributed by atoms with Crippen molar-refractivity contribution in [3.8, 4) is 17.3 Å². The number of amides is 1. The molecule has 4 rings (SSSR count). The van der Waals surface area contributed by atoms with E-state index in [1.54, 1.807) is 41.7 Å². The summed E-state index contributed by atoms with van der Waals surface area (Å²) in [4.78, 5) is 12.8. The van der Waals surface area contributed by atoms with E-state index < -0.39 is 0 Å². The number of thiophene rings is 1. The molecular weight excluding hydrogens is 393 g/mol. The second-order valence-corrected chi connectivity index (χ2v) is 6.94. The fraction of sp³-hybridized carbons (Fsp3) is 0.100. The summed E-state index contributed by atoms with van der Waals surface area (Å²) in [5.74, 6) is 0.198. The third-order valence-corrected chi connectivity index (χ3v) is 4.75. The number of nitrogens with zero attached hydrogens (tertiary/aromatic N) is 4. The first-order valence-corrected chi connectivity index (χ1v) is 9.68. The van der Waals surface area contributed by atoms with E-state index in [1.807, 2.05) is 17.5 Å². The van der Waals surface area contributed by atoms with Gasteiger partial charge in [-0.05, 0) is 35.7 Å². The third kappa shape index (κ3) is 4.64. The van der Waals surface area contributed by atoms with Gasteiger partial charge in [0.1, 0.15) is 12.4 Å². The van der Waals surface area contributed by atoms with Gasteiger partial charge in [-0.2, -0.15) is 4.52 Å². The summed E-state index contributed by atoms with van der Waals surface area (Å²) in [6.07, 6.45) is 3.24. The molecular formula is C20H16FN5O2S. The summed E-state index contributed by atoms with van der Waals surface area (Å²) in [6, 6.07) is 13.3. The van der Waals surface area contributed by atoms with Crippen LogP contribution >= 0.6 is 11.3 Å². The van der Waals surface area contributed by atoms with Crippen LogP contribution in [0, 0.1) is 5.82 Å². The third-order valence-electron chi connectivity index (χ3n) is 3.91. The second-order valence-electron chi connectivity index (χ2n) is 5.96. The van der Waals surface area contributed by atoms with Crippen molar-refractivity contribution in [3.63, 3.8) is 0 Å². The minimum absolute atomic E-state index is 0.197. The Morgan fingerprint density at radius 3 is 2.97 bits per heavy atom. The van der Waals surface area contributed by atoms with Gasteiger partial charge in [0.2, 0.25) is 11.8 Å². The highest BCUT2D eigenvalue weighted by Gasteiger charge is 2.11. The van der Waals surface area contributed by atoms with E-state index >= 15 is 0 Å². The van der Waals surface area contributed by atoms with Gasteiger partial charge in [0, 0.05) is 22.6 Å².